The Balaban J connectivity index is 1.90. The second-order valence-corrected chi connectivity index (χ2v) is 23.0. The van der Waals surface area contributed by atoms with Crippen LogP contribution in [-0.2, 0) is 23.1 Å². The highest BCUT2D eigenvalue weighted by molar-refractivity contribution is 6.99. The first-order valence-electron chi connectivity index (χ1n) is 17.7. The fourth-order valence-corrected chi connectivity index (χ4v) is 14.4. The van der Waals surface area contributed by atoms with Crippen molar-refractivity contribution in [2.24, 2.45) is 5.92 Å². The van der Waals surface area contributed by atoms with Crippen LogP contribution in [-0.4, -0.2) is 54.1 Å². The maximum absolute atomic E-state index is 11.7. The molecule has 0 aromatic heterocycles. The fourth-order valence-electron chi connectivity index (χ4n) is 6.85. The first kappa shape index (κ1) is 38.9. The number of allylic oxidation sites excluding steroid dienone is 2. The van der Waals surface area contributed by atoms with Crippen LogP contribution in [0.1, 0.15) is 75.2 Å². The number of benzene rings is 2. The highest BCUT2D eigenvalue weighted by Crippen LogP contribution is 2.38. The van der Waals surface area contributed by atoms with Gasteiger partial charge in [-0.3, -0.25) is 0 Å². The third-order valence-corrected chi connectivity index (χ3v) is 19.5. The van der Waals surface area contributed by atoms with E-state index in [1.807, 2.05) is 13.0 Å². The minimum Gasteiger partial charge on any atom is -0.463 e. The van der Waals surface area contributed by atoms with Crippen molar-refractivity contribution in [3.63, 3.8) is 0 Å². The normalized spacial score (nSPS) is 21.4. The molecule has 7 heteroatoms. The van der Waals surface area contributed by atoms with Crippen LogP contribution in [0, 0.1) is 5.92 Å². The van der Waals surface area contributed by atoms with E-state index < -0.39 is 16.6 Å². The van der Waals surface area contributed by atoms with Crippen LogP contribution in [0.25, 0.3) is 0 Å². The lowest BCUT2D eigenvalue weighted by atomic mass is 9.88. The Bertz CT molecular complexity index is 1260. The van der Waals surface area contributed by atoms with Gasteiger partial charge in [0.1, 0.15) is 0 Å². The number of esters is 1. The monoisotopic (exact) mass is 676 g/mol. The summed E-state index contributed by atoms with van der Waals surface area (Å²) in [6.07, 6.45) is 11.2. The number of ether oxygens (including phenoxy) is 2. The molecule has 1 aliphatic rings. The van der Waals surface area contributed by atoms with E-state index >= 15 is 0 Å². The molecule has 0 bridgehead atoms. The van der Waals surface area contributed by atoms with E-state index in [1.165, 1.54) is 22.0 Å². The van der Waals surface area contributed by atoms with Crippen molar-refractivity contribution in [3.05, 3.63) is 96.6 Å². The molecule has 258 valence electrons. The van der Waals surface area contributed by atoms with E-state index in [1.54, 1.807) is 6.08 Å². The third kappa shape index (κ3) is 10.2. The lowest BCUT2D eigenvalue weighted by Crippen LogP contribution is -2.66. The van der Waals surface area contributed by atoms with Gasteiger partial charge in [0.15, 0.2) is 8.32 Å². The first-order chi connectivity index (χ1) is 22.4. The van der Waals surface area contributed by atoms with E-state index in [9.17, 15) is 4.79 Å². The van der Waals surface area contributed by atoms with Gasteiger partial charge in [-0.25, -0.2) is 4.79 Å². The van der Waals surface area contributed by atoms with Crippen molar-refractivity contribution in [1.82, 2.24) is 0 Å². The number of carbonyl (C=O) groups is 1. The molecule has 0 N–H and O–H groups in total. The quantitative estimate of drug-likeness (QED) is 0.0585. The summed E-state index contributed by atoms with van der Waals surface area (Å²) in [6, 6.07) is 25.0. The van der Waals surface area contributed by atoms with Crippen molar-refractivity contribution >= 4 is 33.0 Å². The molecular formula is C40H60O5Si2. The van der Waals surface area contributed by atoms with Crippen LogP contribution in [0.5, 0.6) is 0 Å². The van der Waals surface area contributed by atoms with Crippen LogP contribution in [0.4, 0.5) is 0 Å². The SMILES string of the molecule is CCOC(=O)/C=C/C=C/C[C@H]1C[C@H](O[Si](CC)(CC)CC)[C@@H](C)[C@@H](/C=C(\C)CO[Si](c2ccccc2)(c2ccccc2)C(C)(C)C)O1. The van der Waals surface area contributed by atoms with Crippen molar-refractivity contribution in [2.75, 3.05) is 13.2 Å². The molecule has 4 atom stereocenters. The Morgan fingerprint density at radius 2 is 1.49 bits per heavy atom. The van der Waals surface area contributed by atoms with Gasteiger partial charge in [0, 0.05) is 12.0 Å². The Kier molecular flexibility index (Phi) is 15.1. The Morgan fingerprint density at radius 3 is 2.00 bits per heavy atom. The summed E-state index contributed by atoms with van der Waals surface area (Å²) >= 11 is 0. The molecule has 1 heterocycles. The second-order valence-electron chi connectivity index (χ2n) is 14.0. The Labute approximate surface area is 287 Å². The first-order valence-corrected chi connectivity index (χ1v) is 22.1. The van der Waals surface area contributed by atoms with E-state index in [2.05, 4.69) is 128 Å². The van der Waals surface area contributed by atoms with Gasteiger partial charge in [-0.2, -0.15) is 0 Å². The van der Waals surface area contributed by atoms with Crippen molar-refractivity contribution in [1.29, 1.82) is 0 Å². The van der Waals surface area contributed by atoms with Crippen molar-refractivity contribution < 1.29 is 23.1 Å². The average molecular weight is 677 g/mol. The predicted molar refractivity (Wildman–Crippen MR) is 201 cm³/mol. The molecule has 0 aliphatic carbocycles. The van der Waals surface area contributed by atoms with E-state index in [0.29, 0.717) is 13.2 Å². The van der Waals surface area contributed by atoms with Gasteiger partial charge in [0.05, 0.1) is 31.5 Å². The molecular weight excluding hydrogens is 617 g/mol. The van der Waals surface area contributed by atoms with E-state index in [4.69, 9.17) is 18.3 Å². The topological polar surface area (TPSA) is 54.0 Å². The Hall–Kier alpha value is -2.56. The minimum absolute atomic E-state index is 0.0207. The van der Waals surface area contributed by atoms with Gasteiger partial charge in [-0.05, 0) is 60.2 Å². The van der Waals surface area contributed by atoms with Gasteiger partial charge < -0.3 is 18.3 Å². The summed E-state index contributed by atoms with van der Waals surface area (Å²) in [5, 5.41) is 2.48. The van der Waals surface area contributed by atoms with Crippen LogP contribution in [0.3, 0.4) is 0 Å². The molecule has 5 nitrogen and oxygen atoms in total. The van der Waals surface area contributed by atoms with Crippen molar-refractivity contribution in [3.8, 4) is 0 Å². The van der Waals surface area contributed by atoms with Crippen LogP contribution < -0.4 is 10.4 Å². The average Bonchev–Trinajstić information content (AvgIpc) is 3.06. The number of hydrogen-bond acceptors (Lipinski definition) is 5. The van der Waals surface area contributed by atoms with Gasteiger partial charge in [-0.1, -0.05) is 139 Å². The summed E-state index contributed by atoms with van der Waals surface area (Å²) in [7, 11) is -4.48. The van der Waals surface area contributed by atoms with Gasteiger partial charge >= 0.3 is 5.97 Å². The summed E-state index contributed by atoms with van der Waals surface area (Å²) in [6.45, 7) is 21.0. The Morgan fingerprint density at radius 1 is 0.915 bits per heavy atom. The second kappa shape index (κ2) is 18.3. The van der Waals surface area contributed by atoms with Gasteiger partial charge in [-0.15, -0.1) is 0 Å². The smallest absolute Gasteiger partial charge is 0.330 e. The number of hydrogen-bond donors (Lipinski definition) is 0. The molecule has 1 aliphatic heterocycles. The molecule has 3 rings (SSSR count). The minimum atomic E-state index is -2.66. The summed E-state index contributed by atoms with van der Waals surface area (Å²) in [4.78, 5) is 11.7. The third-order valence-electron chi connectivity index (χ3n) is 9.83. The molecule has 1 fully saturated rings. The molecule has 0 unspecified atom stereocenters. The van der Waals surface area contributed by atoms with Crippen LogP contribution in [0.2, 0.25) is 23.2 Å². The molecule has 2 aromatic carbocycles. The van der Waals surface area contributed by atoms with Gasteiger partial charge in [0.2, 0.25) is 0 Å². The maximum atomic E-state index is 11.7. The summed E-state index contributed by atoms with van der Waals surface area (Å²) in [5.41, 5.74) is 1.17. The maximum Gasteiger partial charge on any atom is 0.330 e. The lowest BCUT2D eigenvalue weighted by molar-refractivity contribution is -0.137. The molecule has 47 heavy (non-hydrogen) atoms. The summed E-state index contributed by atoms with van der Waals surface area (Å²) in [5.74, 6) is -0.104. The zero-order valence-electron chi connectivity index (χ0n) is 30.5. The molecule has 1 saturated heterocycles. The number of rotatable bonds is 16. The number of carbonyl (C=O) groups excluding carboxylic acids is 1. The van der Waals surface area contributed by atoms with Crippen LogP contribution >= 0.6 is 0 Å². The summed E-state index contributed by atoms with van der Waals surface area (Å²) < 4.78 is 26.2. The largest absolute Gasteiger partial charge is 0.463 e. The fraction of sp³-hybridized carbons (Fsp3) is 0.525. The van der Waals surface area contributed by atoms with Gasteiger partial charge in [0.25, 0.3) is 8.32 Å². The van der Waals surface area contributed by atoms with E-state index in [0.717, 1.165) is 31.0 Å². The molecule has 0 amide bonds. The van der Waals surface area contributed by atoms with E-state index in [-0.39, 0.29) is 35.2 Å². The standard InChI is InChI=1S/C40H60O5Si2/c1-10-42-39(41)28-22-14-17-23-34-30-38(45-46(11-2,12-3)13-4)33(6)37(44-34)29-32(5)31-43-47(40(7,8)9,35-24-18-15-19-25-35)36-26-20-16-21-27-36/h14-22,24-29,33-34,37-38H,10-13,23,30-31H2,1-9H3/b17-14+,28-22+,32-29+/t33-,34-,37+,38-/m0/s1. The molecule has 0 spiro atoms. The highest BCUT2D eigenvalue weighted by Gasteiger charge is 2.50. The molecule has 0 saturated carbocycles. The highest BCUT2D eigenvalue weighted by atomic mass is 28.4. The van der Waals surface area contributed by atoms with Crippen molar-refractivity contribution in [2.45, 2.75) is 117 Å². The zero-order chi connectivity index (χ0) is 34.5. The predicted octanol–water partition coefficient (Wildman–Crippen LogP) is 8.76. The zero-order valence-corrected chi connectivity index (χ0v) is 32.5. The van der Waals surface area contributed by atoms with Crippen LogP contribution in [0.15, 0.2) is 96.6 Å². The lowest BCUT2D eigenvalue weighted by Gasteiger charge is -2.44. The molecule has 2 aromatic rings. The molecule has 0 radical (unpaired) electrons.